The van der Waals surface area contributed by atoms with Gasteiger partial charge in [-0.15, -0.1) is 0 Å². The van der Waals surface area contributed by atoms with Gasteiger partial charge >= 0.3 is 0 Å². The van der Waals surface area contributed by atoms with E-state index < -0.39 is 0 Å². The van der Waals surface area contributed by atoms with Gasteiger partial charge < -0.3 is 10.1 Å². The SMILES string of the molecule is CCn1ncc2c1CCC[C@@H]2NCc1ccc(OC)c(F)c1. The maximum Gasteiger partial charge on any atom is 0.165 e. The van der Waals surface area contributed by atoms with Crippen LogP contribution in [0.25, 0.3) is 0 Å². The molecule has 0 aliphatic heterocycles. The summed E-state index contributed by atoms with van der Waals surface area (Å²) in [6.45, 7) is 3.67. The Morgan fingerprint density at radius 3 is 3.05 bits per heavy atom. The summed E-state index contributed by atoms with van der Waals surface area (Å²) < 4.78 is 20.8. The van der Waals surface area contributed by atoms with Gasteiger partial charge in [0.25, 0.3) is 0 Å². The molecule has 1 atom stereocenters. The number of ether oxygens (including phenoxy) is 1. The van der Waals surface area contributed by atoms with E-state index in [2.05, 4.69) is 22.0 Å². The first kappa shape index (κ1) is 15.0. The monoisotopic (exact) mass is 303 g/mol. The van der Waals surface area contributed by atoms with E-state index in [4.69, 9.17) is 4.74 Å². The molecule has 0 amide bonds. The summed E-state index contributed by atoms with van der Waals surface area (Å²) in [5.74, 6) is -0.0298. The average Bonchev–Trinajstić information content (AvgIpc) is 2.96. The summed E-state index contributed by atoms with van der Waals surface area (Å²) in [6, 6.07) is 5.40. The molecule has 22 heavy (non-hydrogen) atoms. The van der Waals surface area contributed by atoms with Crippen LogP contribution in [0, 0.1) is 5.82 Å². The van der Waals surface area contributed by atoms with Gasteiger partial charge in [-0.2, -0.15) is 5.10 Å². The predicted octanol–water partition coefficient (Wildman–Crippen LogP) is 3.22. The number of nitrogens with zero attached hydrogens (tertiary/aromatic N) is 2. The summed E-state index contributed by atoms with van der Waals surface area (Å²) in [4.78, 5) is 0. The molecule has 3 rings (SSSR count). The Bertz CT molecular complexity index is 653. The lowest BCUT2D eigenvalue weighted by Crippen LogP contribution is -2.25. The molecule has 1 N–H and O–H groups in total. The number of halogens is 1. The van der Waals surface area contributed by atoms with Crippen molar-refractivity contribution in [2.45, 2.75) is 45.3 Å². The average molecular weight is 303 g/mol. The minimum absolute atomic E-state index is 0.285. The number of hydrogen-bond acceptors (Lipinski definition) is 3. The van der Waals surface area contributed by atoms with Gasteiger partial charge in [-0.3, -0.25) is 4.68 Å². The third-order valence-electron chi connectivity index (χ3n) is 4.33. The van der Waals surface area contributed by atoms with Gasteiger partial charge in [-0.25, -0.2) is 4.39 Å². The summed E-state index contributed by atoms with van der Waals surface area (Å²) in [5.41, 5.74) is 3.56. The third kappa shape index (κ3) is 2.86. The number of hydrogen-bond donors (Lipinski definition) is 1. The predicted molar refractivity (Wildman–Crippen MR) is 83.4 cm³/mol. The van der Waals surface area contributed by atoms with Crippen molar-refractivity contribution >= 4 is 0 Å². The van der Waals surface area contributed by atoms with Gasteiger partial charge in [0.2, 0.25) is 0 Å². The van der Waals surface area contributed by atoms with E-state index in [1.54, 1.807) is 6.07 Å². The number of aryl methyl sites for hydroxylation is 1. The fourth-order valence-electron chi connectivity index (χ4n) is 3.16. The van der Waals surface area contributed by atoms with Crippen LogP contribution in [0.5, 0.6) is 5.75 Å². The highest BCUT2D eigenvalue weighted by Gasteiger charge is 2.23. The Hall–Kier alpha value is -1.88. The highest BCUT2D eigenvalue weighted by molar-refractivity contribution is 5.30. The molecule has 5 heteroatoms. The summed E-state index contributed by atoms with van der Waals surface area (Å²) in [5, 5.41) is 7.99. The van der Waals surface area contributed by atoms with Crippen LogP contribution in [0.3, 0.4) is 0 Å². The molecule has 1 aromatic heterocycles. The molecule has 2 aromatic rings. The Balaban J connectivity index is 1.70. The standard InChI is InChI=1S/C17H22FN3O/c1-3-21-16-6-4-5-15(13(16)11-20-21)19-10-12-7-8-17(22-2)14(18)9-12/h7-9,11,15,19H,3-6,10H2,1-2H3/t15-/m0/s1. The number of fused-ring (bicyclic) bond motifs is 1. The highest BCUT2D eigenvalue weighted by Crippen LogP contribution is 2.30. The zero-order chi connectivity index (χ0) is 15.5. The number of benzene rings is 1. The van der Waals surface area contributed by atoms with E-state index in [-0.39, 0.29) is 11.6 Å². The second-order valence-electron chi connectivity index (χ2n) is 5.66. The molecule has 0 saturated carbocycles. The third-order valence-corrected chi connectivity index (χ3v) is 4.33. The van der Waals surface area contributed by atoms with E-state index in [0.29, 0.717) is 12.6 Å². The van der Waals surface area contributed by atoms with Crippen LogP contribution >= 0.6 is 0 Å². The quantitative estimate of drug-likeness (QED) is 0.922. The van der Waals surface area contributed by atoms with Crippen molar-refractivity contribution in [3.63, 3.8) is 0 Å². The second kappa shape index (κ2) is 6.48. The molecule has 0 fully saturated rings. The molecule has 1 aliphatic rings. The first-order valence-corrected chi connectivity index (χ1v) is 7.83. The summed E-state index contributed by atoms with van der Waals surface area (Å²) >= 11 is 0. The molecule has 1 heterocycles. The molecule has 118 valence electrons. The largest absolute Gasteiger partial charge is 0.494 e. The van der Waals surface area contributed by atoms with Crippen molar-refractivity contribution in [3.8, 4) is 5.75 Å². The minimum atomic E-state index is -0.315. The van der Waals surface area contributed by atoms with Crippen LogP contribution in [-0.2, 0) is 19.5 Å². The summed E-state index contributed by atoms with van der Waals surface area (Å²) in [6.07, 6.45) is 5.33. The molecule has 0 saturated heterocycles. The van der Waals surface area contributed by atoms with E-state index in [1.807, 2.05) is 12.3 Å². The minimum Gasteiger partial charge on any atom is -0.494 e. The molecular weight excluding hydrogens is 281 g/mol. The highest BCUT2D eigenvalue weighted by atomic mass is 19.1. The van der Waals surface area contributed by atoms with Crippen LogP contribution < -0.4 is 10.1 Å². The van der Waals surface area contributed by atoms with E-state index >= 15 is 0 Å². The van der Waals surface area contributed by atoms with Crippen LogP contribution in [0.4, 0.5) is 4.39 Å². The van der Waals surface area contributed by atoms with Gasteiger partial charge in [0.05, 0.1) is 13.3 Å². The molecule has 1 aliphatic carbocycles. The number of methoxy groups -OCH3 is 1. The van der Waals surface area contributed by atoms with Gasteiger partial charge in [0.1, 0.15) is 0 Å². The van der Waals surface area contributed by atoms with E-state index in [1.165, 1.54) is 24.4 Å². The van der Waals surface area contributed by atoms with Gasteiger partial charge in [-0.05, 0) is 43.9 Å². The van der Waals surface area contributed by atoms with Gasteiger partial charge in [-0.1, -0.05) is 6.07 Å². The molecule has 0 bridgehead atoms. The normalized spacial score (nSPS) is 17.3. The molecular formula is C17H22FN3O. The van der Waals surface area contributed by atoms with Crippen LogP contribution in [0.1, 0.15) is 42.6 Å². The van der Waals surface area contributed by atoms with Crippen molar-refractivity contribution in [2.75, 3.05) is 7.11 Å². The first-order valence-electron chi connectivity index (χ1n) is 7.83. The maximum atomic E-state index is 13.7. The van der Waals surface area contributed by atoms with E-state index in [9.17, 15) is 4.39 Å². The Morgan fingerprint density at radius 1 is 1.45 bits per heavy atom. The van der Waals surface area contributed by atoms with Crippen LogP contribution in [0.2, 0.25) is 0 Å². The first-order chi connectivity index (χ1) is 10.7. The lowest BCUT2D eigenvalue weighted by Gasteiger charge is -2.24. The Morgan fingerprint density at radius 2 is 2.32 bits per heavy atom. The molecule has 1 aromatic carbocycles. The number of nitrogens with one attached hydrogen (secondary N) is 1. The van der Waals surface area contributed by atoms with Crippen molar-refractivity contribution in [1.29, 1.82) is 0 Å². The fourth-order valence-corrected chi connectivity index (χ4v) is 3.16. The van der Waals surface area contributed by atoms with E-state index in [0.717, 1.165) is 31.4 Å². The second-order valence-corrected chi connectivity index (χ2v) is 5.66. The van der Waals surface area contributed by atoms with Crippen molar-refractivity contribution in [2.24, 2.45) is 0 Å². The smallest absolute Gasteiger partial charge is 0.165 e. The van der Waals surface area contributed by atoms with Crippen molar-refractivity contribution in [3.05, 3.63) is 47.0 Å². The van der Waals surface area contributed by atoms with Gasteiger partial charge in [0, 0.05) is 30.4 Å². The Kier molecular flexibility index (Phi) is 4.43. The molecule has 0 unspecified atom stereocenters. The number of aromatic nitrogens is 2. The number of rotatable bonds is 5. The topological polar surface area (TPSA) is 39.1 Å². The summed E-state index contributed by atoms with van der Waals surface area (Å²) in [7, 11) is 1.48. The van der Waals surface area contributed by atoms with Crippen LogP contribution in [-0.4, -0.2) is 16.9 Å². The lowest BCUT2D eigenvalue weighted by molar-refractivity contribution is 0.385. The van der Waals surface area contributed by atoms with Crippen molar-refractivity contribution in [1.82, 2.24) is 15.1 Å². The fraction of sp³-hybridized carbons (Fsp3) is 0.471. The zero-order valence-electron chi connectivity index (χ0n) is 13.1. The lowest BCUT2D eigenvalue weighted by atomic mass is 9.93. The molecule has 0 radical (unpaired) electrons. The van der Waals surface area contributed by atoms with Crippen LogP contribution in [0.15, 0.2) is 24.4 Å². The molecule has 4 nitrogen and oxygen atoms in total. The van der Waals surface area contributed by atoms with Crippen molar-refractivity contribution < 1.29 is 9.13 Å². The maximum absolute atomic E-state index is 13.7. The zero-order valence-corrected chi connectivity index (χ0v) is 13.1. The van der Waals surface area contributed by atoms with Gasteiger partial charge in [0.15, 0.2) is 11.6 Å². The molecule has 0 spiro atoms. The Labute approximate surface area is 130 Å².